The van der Waals surface area contributed by atoms with Crippen molar-refractivity contribution in [2.45, 2.75) is 31.9 Å². The molecule has 1 aliphatic heterocycles. The van der Waals surface area contributed by atoms with E-state index in [-0.39, 0.29) is 0 Å². The van der Waals surface area contributed by atoms with Crippen molar-refractivity contribution in [3.05, 3.63) is 11.1 Å². The van der Waals surface area contributed by atoms with Crippen LogP contribution in [-0.4, -0.2) is 18.3 Å². The minimum atomic E-state index is 0.428. The molecule has 1 rings (SSSR count). The van der Waals surface area contributed by atoms with Gasteiger partial charge in [-0.25, -0.2) is 0 Å². The molecule has 0 saturated heterocycles. The largest absolute Gasteiger partial charge is 0.313 e. The molecule has 0 aromatic carbocycles. The third-order valence-corrected chi connectivity index (χ3v) is 2.62. The molecule has 1 heterocycles. The van der Waals surface area contributed by atoms with E-state index in [0.717, 1.165) is 13.1 Å². The molecule has 1 aliphatic rings. The zero-order chi connectivity index (χ0) is 8.27. The van der Waals surface area contributed by atoms with E-state index in [9.17, 15) is 0 Å². The number of rotatable bonds is 2. The number of hydrogen-bond acceptors (Lipinski definition) is 2. The Morgan fingerprint density at radius 3 is 2.82 bits per heavy atom. The highest BCUT2D eigenvalue weighted by Crippen LogP contribution is 2.21. The highest BCUT2D eigenvalue weighted by molar-refractivity contribution is 7.81. The summed E-state index contributed by atoms with van der Waals surface area (Å²) in [4.78, 5) is 0. The van der Waals surface area contributed by atoms with Gasteiger partial charge >= 0.3 is 0 Å². The van der Waals surface area contributed by atoms with Crippen molar-refractivity contribution in [2.24, 2.45) is 0 Å². The molecule has 0 aromatic heterocycles. The van der Waals surface area contributed by atoms with Gasteiger partial charge in [-0.3, -0.25) is 0 Å². The standard InChI is InChI=1S/C9H17NS/c1-3-8-4-5-10-6-9(8)7(2)11/h7,10-11H,3-6H2,1-2H3. The summed E-state index contributed by atoms with van der Waals surface area (Å²) >= 11 is 4.46. The molecule has 1 unspecified atom stereocenters. The summed E-state index contributed by atoms with van der Waals surface area (Å²) in [5.41, 5.74) is 3.13. The first kappa shape index (κ1) is 9.14. The van der Waals surface area contributed by atoms with Gasteiger partial charge in [0.2, 0.25) is 0 Å². The Bertz CT molecular complexity index is 161. The first-order valence-electron chi connectivity index (χ1n) is 4.35. The lowest BCUT2D eigenvalue weighted by Gasteiger charge is -2.22. The second kappa shape index (κ2) is 4.17. The van der Waals surface area contributed by atoms with E-state index in [0.29, 0.717) is 5.25 Å². The molecule has 0 radical (unpaired) electrons. The van der Waals surface area contributed by atoms with E-state index < -0.39 is 0 Å². The fourth-order valence-electron chi connectivity index (χ4n) is 1.59. The molecule has 0 aliphatic carbocycles. The van der Waals surface area contributed by atoms with Crippen molar-refractivity contribution in [1.82, 2.24) is 5.32 Å². The lowest BCUT2D eigenvalue weighted by molar-refractivity contribution is 0.650. The third kappa shape index (κ3) is 2.24. The monoisotopic (exact) mass is 171 g/mol. The molecular weight excluding hydrogens is 154 g/mol. The summed E-state index contributed by atoms with van der Waals surface area (Å²) in [6.45, 7) is 6.58. The van der Waals surface area contributed by atoms with Crippen LogP contribution in [0.3, 0.4) is 0 Å². The third-order valence-electron chi connectivity index (χ3n) is 2.30. The fourth-order valence-corrected chi connectivity index (χ4v) is 1.87. The van der Waals surface area contributed by atoms with Gasteiger partial charge < -0.3 is 5.32 Å². The topological polar surface area (TPSA) is 12.0 Å². The van der Waals surface area contributed by atoms with Gasteiger partial charge in [0, 0.05) is 11.8 Å². The molecule has 2 heteroatoms. The summed E-state index contributed by atoms with van der Waals surface area (Å²) < 4.78 is 0. The van der Waals surface area contributed by atoms with Crippen LogP contribution >= 0.6 is 12.6 Å². The molecule has 0 fully saturated rings. The summed E-state index contributed by atoms with van der Waals surface area (Å²) in [5, 5.41) is 3.80. The Hall–Kier alpha value is 0.0500. The summed E-state index contributed by atoms with van der Waals surface area (Å²) in [6.07, 6.45) is 2.42. The van der Waals surface area contributed by atoms with Crippen LogP contribution in [0.5, 0.6) is 0 Å². The Morgan fingerprint density at radius 1 is 1.64 bits per heavy atom. The molecule has 0 aromatic rings. The number of hydrogen-bond donors (Lipinski definition) is 2. The Morgan fingerprint density at radius 2 is 2.36 bits per heavy atom. The van der Waals surface area contributed by atoms with E-state index in [1.54, 1.807) is 5.57 Å². The molecular formula is C9H17NS. The van der Waals surface area contributed by atoms with Gasteiger partial charge in [-0.15, -0.1) is 0 Å². The molecule has 0 spiro atoms. The smallest absolute Gasteiger partial charge is 0.0213 e. The van der Waals surface area contributed by atoms with Crippen molar-refractivity contribution in [1.29, 1.82) is 0 Å². The average Bonchev–Trinajstić information content (AvgIpc) is 2.04. The van der Waals surface area contributed by atoms with Crippen LogP contribution in [0.1, 0.15) is 26.7 Å². The average molecular weight is 171 g/mol. The van der Waals surface area contributed by atoms with E-state index in [1.165, 1.54) is 18.4 Å². The number of nitrogens with one attached hydrogen (secondary N) is 1. The van der Waals surface area contributed by atoms with Crippen molar-refractivity contribution < 1.29 is 0 Å². The van der Waals surface area contributed by atoms with Crippen LogP contribution in [0.4, 0.5) is 0 Å². The Balaban J connectivity index is 2.73. The maximum atomic E-state index is 4.46. The van der Waals surface area contributed by atoms with Gasteiger partial charge in [-0.1, -0.05) is 12.5 Å². The maximum Gasteiger partial charge on any atom is 0.0213 e. The van der Waals surface area contributed by atoms with E-state index in [1.807, 2.05) is 0 Å². The van der Waals surface area contributed by atoms with Gasteiger partial charge in [-0.05, 0) is 31.9 Å². The quantitative estimate of drug-likeness (QED) is 0.478. The van der Waals surface area contributed by atoms with Crippen LogP contribution in [0.25, 0.3) is 0 Å². The zero-order valence-electron chi connectivity index (χ0n) is 7.35. The van der Waals surface area contributed by atoms with Gasteiger partial charge in [0.05, 0.1) is 0 Å². The first-order chi connectivity index (χ1) is 5.25. The van der Waals surface area contributed by atoms with Crippen molar-refractivity contribution >= 4 is 12.6 Å². The van der Waals surface area contributed by atoms with Crippen molar-refractivity contribution in [3.8, 4) is 0 Å². The minimum Gasteiger partial charge on any atom is -0.313 e. The Labute approximate surface area is 74.7 Å². The lowest BCUT2D eigenvalue weighted by Crippen LogP contribution is -2.28. The molecule has 1 atom stereocenters. The van der Waals surface area contributed by atoms with E-state index >= 15 is 0 Å². The number of thiol groups is 1. The summed E-state index contributed by atoms with van der Waals surface area (Å²) in [6, 6.07) is 0. The maximum absolute atomic E-state index is 4.46. The molecule has 0 bridgehead atoms. The van der Waals surface area contributed by atoms with E-state index in [4.69, 9.17) is 0 Å². The van der Waals surface area contributed by atoms with Crippen LogP contribution in [0, 0.1) is 0 Å². The predicted octanol–water partition coefficient (Wildman–Crippen LogP) is 2.00. The fraction of sp³-hybridized carbons (Fsp3) is 0.778. The second-order valence-electron chi connectivity index (χ2n) is 3.09. The SMILES string of the molecule is CCC1=C(C(C)S)CNCC1. The lowest BCUT2D eigenvalue weighted by atomic mass is 9.97. The summed E-state index contributed by atoms with van der Waals surface area (Å²) in [5.74, 6) is 0. The van der Waals surface area contributed by atoms with E-state index in [2.05, 4.69) is 31.8 Å². The van der Waals surface area contributed by atoms with Gasteiger partial charge in [-0.2, -0.15) is 12.6 Å². The minimum absolute atomic E-state index is 0.428. The molecule has 0 saturated carbocycles. The Kier molecular flexibility index (Phi) is 3.46. The van der Waals surface area contributed by atoms with Crippen LogP contribution in [-0.2, 0) is 0 Å². The van der Waals surface area contributed by atoms with Crippen LogP contribution in [0.15, 0.2) is 11.1 Å². The molecule has 1 N–H and O–H groups in total. The first-order valence-corrected chi connectivity index (χ1v) is 4.87. The van der Waals surface area contributed by atoms with Gasteiger partial charge in [0.1, 0.15) is 0 Å². The molecule has 11 heavy (non-hydrogen) atoms. The van der Waals surface area contributed by atoms with Crippen molar-refractivity contribution in [2.75, 3.05) is 13.1 Å². The molecule has 64 valence electrons. The molecule has 0 amide bonds. The van der Waals surface area contributed by atoms with Crippen molar-refractivity contribution in [3.63, 3.8) is 0 Å². The predicted molar refractivity (Wildman–Crippen MR) is 53.3 cm³/mol. The highest BCUT2D eigenvalue weighted by atomic mass is 32.1. The van der Waals surface area contributed by atoms with Crippen LogP contribution < -0.4 is 5.32 Å². The normalized spacial score (nSPS) is 22.1. The molecule has 1 nitrogen and oxygen atoms in total. The van der Waals surface area contributed by atoms with Gasteiger partial charge in [0.25, 0.3) is 0 Å². The van der Waals surface area contributed by atoms with Crippen LogP contribution in [0.2, 0.25) is 0 Å². The summed E-state index contributed by atoms with van der Waals surface area (Å²) in [7, 11) is 0. The second-order valence-corrected chi connectivity index (χ2v) is 3.86. The highest BCUT2D eigenvalue weighted by Gasteiger charge is 2.13. The van der Waals surface area contributed by atoms with Gasteiger partial charge in [0.15, 0.2) is 0 Å². The zero-order valence-corrected chi connectivity index (χ0v) is 8.25.